The van der Waals surface area contributed by atoms with E-state index in [1.54, 1.807) is 68.4 Å². The number of ether oxygens (including phenoxy) is 2. The predicted octanol–water partition coefficient (Wildman–Crippen LogP) is 3.67. The fraction of sp³-hybridized carbons (Fsp3) is 0.182. The summed E-state index contributed by atoms with van der Waals surface area (Å²) in [7, 11) is 3.11. The fourth-order valence-electron chi connectivity index (χ4n) is 2.86. The average molecular weight is 395 g/mol. The molecule has 7 heteroatoms. The van der Waals surface area contributed by atoms with Crippen LogP contribution in [0.25, 0.3) is 11.8 Å². The Kier molecular flexibility index (Phi) is 6.29. The highest BCUT2D eigenvalue weighted by Gasteiger charge is 2.08. The van der Waals surface area contributed by atoms with E-state index in [1.807, 2.05) is 6.07 Å². The fourth-order valence-corrected chi connectivity index (χ4v) is 2.86. The highest BCUT2D eigenvalue weighted by molar-refractivity contribution is 5.91. The Morgan fingerprint density at radius 3 is 2.62 bits per heavy atom. The first kappa shape index (κ1) is 20.1. The number of rotatable bonds is 7. The van der Waals surface area contributed by atoms with E-state index in [2.05, 4.69) is 10.3 Å². The second kappa shape index (κ2) is 9.05. The quantitative estimate of drug-likeness (QED) is 0.620. The topological polar surface area (TPSA) is 65.4 Å². The third kappa shape index (κ3) is 4.82. The molecule has 0 aliphatic rings. The van der Waals surface area contributed by atoms with Crippen molar-refractivity contribution in [2.75, 3.05) is 14.2 Å². The van der Waals surface area contributed by atoms with Gasteiger partial charge in [0.15, 0.2) is 11.5 Å². The maximum absolute atomic E-state index is 14.4. The number of hydrogen-bond donors (Lipinski definition) is 1. The van der Waals surface area contributed by atoms with Gasteiger partial charge < -0.3 is 19.4 Å². The van der Waals surface area contributed by atoms with Gasteiger partial charge in [0.05, 0.1) is 19.9 Å². The van der Waals surface area contributed by atoms with Crippen molar-refractivity contribution in [3.05, 3.63) is 77.6 Å². The first-order chi connectivity index (χ1) is 14.0. The summed E-state index contributed by atoms with van der Waals surface area (Å²) in [5.41, 5.74) is 1.88. The SMILES string of the molecule is COc1ccc(/C=C/C(=O)NCc2ccc(-n3ccnc3C)c(F)c2)cc1OC. The first-order valence-corrected chi connectivity index (χ1v) is 8.98. The molecule has 0 fully saturated rings. The third-order valence-corrected chi connectivity index (χ3v) is 4.40. The molecule has 0 aliphatic heterocycles. The number of aromatic nitrogens is 2. The van der Waals surface area contributed by atoms with E-state index < -0.39 is 0 Å². The molecule has 29 heavy (non-hydrogen) atoms. The molecule has 3 aromatic rings. The molecule has 150 valence electrons. The van der Waals surface area contributed by atoms with Crippen molar-refractivity contribution in [3.63, 3.8) is 0 Å². The molecule has 1 aromatic heterocycles. The van der Waals surface area contributed by atoms with Crippen molar-refractivity contribution in [1.82, 2.24) is 14.9 Å². The number of methoxy groups -OCH3 is 2. The molecule has 0 radical (unpaired) electrons. The number of nitrogens with zero attached hydrogens (tertiary/aromatic N) is 2. The molecule has 3 rings (SSSR count). The lowest BCUT2D eigenvalue weighted by atomic mass is 10.1. The van der Waals surface area contributed by atoms with E-state index >= 15 is 0 Å². The number of amides is 1. The predicted molar refractivity (Wildman–Crippen MR) is 109 cm³/mol. The van der Waals surface area contributed by atoms with Crippen LogP contribution < -0.4 is 14.8 Å². The summed E-state index contributed by atoms with van der Waals surface area (Å²) in [5.74, 6) is 1.24. The lowest BCUT2D eigenvalue weighted by Crippen LogP contribution is -2.20. The van der Waals surface area contributed by atoms with Gasteiger partial charge in [-0.1, -0.05) is 12.1 Å². The van der Waals surface area contributed by atoms with E-state index in [0.29, 0.717) is 28.6 Å². The summed E-state index contributed by atoms with van der Waals surface area (Å²) in [6.07, 6.45) is 6.41. The van der Waals surface area contributed by atoms with Gasteiger partial charge in [-0.25, -0.2) is 9.37 Å². The monoisotopic (exact) mass is 395 g/mol. The van der Waals surface area contributed by atoms with Gasteiger partial charge >= 0.3 is 0 Å². The minimum atomic E-state index is -0.376. The van der Waals surface area contributed by atoms with E-state index in [4.69, 9.17) is 9.47 Å². The van der Waals surface area contributed by atoms with E-state index in [1.165, 1.54) is 12.1 Å². The molecule has 1 amide bonds. The molecule has 1 heterocycles. The summed E-state index contributed by atoms with van der Waals surface area (Å²) >= 11 is 0. The van der Waals surface area contributed by atoms with Gasteiger partial charge in [0.25, 0.3) is 0 Å². The van der Waals surface area contributed by atoms with Crippen LogP contribution in [0.5, 0.6) is 11.5 Å². The van der Waals surface area contributed by atoms with Gasteiger partial charge in [-0.2, -0.15) is 0 Å². The number of aryl methyl sites for hydroxylation is 1. The van der Waals surface area contributed by atoms with Crippen molar-refractivity contribution in [1.29, 1.82) is 0 Å². The highest BCUT2D eigenvalue weighted by Crippen LogP contribution is 2.27. The number of nitrogens with one attached hydrogen (secondary N) is 1. The standard InChI is InChI=1S/C22H22FN3O3/c1-15-24-10-11-26(15)19-7-4-17(12-18(19)23)14-25-22(27)9-6-16-5-8-20(28-2)21(13-16)29-3/h4-13H,14H2,1-3H3,(H,25,27)/b9-6+. The van der Waals surface area contributed by atoms with Crippen molar-refractivity contribution in [2.45, 2.75) is 13.5 Å². The highest BCUT2D eigenvalue weighted by atomic mass is 19.1. The van der Waals surface area contributed by atoms with Gasteiger partial charge in [0.2, 0.25) is 5.91 Å². The molecule has 0 unspecified atom stereocenters. The third-order valence-electron chi connectivity index (χ3n) is 4.40. The Morgan fingerprint density at radius 2 is 1.97 bits per heavy atom. The maximum Gasteiger partial charge on any atom is 0.244 e. The van der Waals surface area contributed by atoms with Gasteiger partial charge in [-0.15, -0.1) is 0 Å². The number of carbonyl (C=O) groups excluding carboxylic acids is 1. The molecule has 0 bridgehead atoms. The Hall–Kier alpha value is -3.61. The van der Waals surface area contributed by atoms with E-state index in [-0.39, 0.29) is 18.3 Å². The van der Waals surface area contributed by atoms with Crippen LogP contribution in [0, 0.1) is 12.7 Å². The zero-order valence-electron chi connectivity index (χ0n) is 16.5. The van der Waals surface area contributed by atoms with Crippen molar-refractivity contribution in [3.8, 4) is 17.2 Å². The number of halogens is 1. The van der Waals surface area contributed by atoms with Crippen molar-refractivity contribution >= 4 is 12.0 Å². The van der Waals surface area contributed by atoms with Gasteiger partial charge in [0.1, 0.15) is 11.6 Å². The number of carbonyl (C=O) groups is 1. The van der Waals surface area contributed by atoms with E-state index in [9.17, 15) is 9.18 Å². The molecular weight excluding hydrogens is 373 g/mol. The number of imidazole rings is 1. The second-order valence-electron chi connectivity index (χ2n) is 6.30. The largest absolute Gasteiger partial charge is 0.493 e. The Labute approximate surface area is 168 Å². The van der Waals surface area contributed by atoms with Crippen LogP contribution in [-0.2, 0) is 11.3 Å². The summed E-state index contributed by atoms with van der Waals surface area (Å²) < 4.78 is 26.5. The Bertz CT molecular complexity index is 1040. The minimum absolute atomic E-state index is 0.217. The van der Waals surface area contributed by atoms with Gasteiger partial charge in [-0.3, -0.25) is 4.79 Å². The molecule has 0 spiro atoms. The smallest absolute Gasteiger partial charge is 0.244 e. The lowest BCUT2D eigenvalue weighted by molar-refractivity contribution is -0.116. The van der Waals surface area contributed by atoms with Crippen molar-refractivity contribution < 1.29 is 18.7 Å². The van der Waals surface area contributed by atoms with Crippen LogP contribution in [-0.4, -0.2) is 29.7 Å². The molecule has 0 saturated heterocycles. The van der Waals surface area contributed by atoms with Crippen molar-refractivity contribution in [2.24, 2.45) is 0 Å². The van der Waals surface area contributed by atoms with Crippen LogP contribution in [0.2, 0.25) is 0 Å². The average Bonchev–Trinajstić information content (AvgIpc) is 3.16. The maximum atomic E-state index is 14.4. The first-order valence-electron chi connectivity index (χ1n) is 8.98. The molecular formula is C22H22FN3O3. The lowest BCUT2D eigenvalue weighted by Gasteiger charge is -2.09. The zero-order valence-corrected chi connectivity index (χ0v) is 16.5. The van der Waals surface area contributed by atoms with Crippen LogP contribution in [0.15, 0.2) is 54.9 Å². The summed E-state index contributed by atoms with van der Waals surface area (Å²) in [6.45, 7) is 2.02. The Morgan fingerprint density at radius 1 is 1.17 bits per heavy atom. The minimum Gasteiger partial charge on any atom is -0.493 e. The number of hydrogen-bond acceptors (Lipinski definition) is 4. The zero-order chi connectivity index (χ0) is 20.8. The Balaban J connectivity index is 1.61. The normalized spacial score (nSPS) is 10.9. The summed E-state index contributed by atoms with van der Waals surface area (Å²) in [6, 6.07) is 10.2. The number of benzene rings is 2. The van der Waals surface area contributed by atoms with Crippen LogP contribution in [0.4, 0.5) is 4.39 Å². The van der Waals surface area contributed by atoms with Crippen LogP contribution in [0.1, 0.15) is 17.0 Å². The molecule has 1 N–H and O–H groups in total. The summed E-state index contributed by atoms with van der Waals surface area (Å²) in [4.78, 5) is 16.2. The molecule has 0 atom stereocenters. The molecule has 6 nitrogen and oxygen atoms in total. The van der Waals surface area contributed by atoms with Gasteiger partial charge in [0, 0.05) is 25.0 Å². The second-order valence-corrected chi connectivity index (χ2v) is 6.30. The van der Waals surface area contributed by atoms with E-state index in [0.717, 1.165) is 5.56 Å². The van der Waals surface area contributed by atoms with Crippen LogP contribution >= 0.6 is 0 Å². The van der Waals surface area contributed by atoms with Gasteiger partial charge in [-0.05, 0) is 48.4 Å². The molecule has 0 aliphatic carbocycles. The molecule has 2 aromatic carbocycles. The van der Waals surface area contributed by atoms with Crippen LogP contribution in [0.3, 0.4) is 0 Å². The molecule has 0 saturated carbocycles. The summed E-state index contributed by atoms with van der Waals surface area (Å²) in [5, 5.41) is 2.75.